The summed E-state index contributed by atoms with van der Waals surface area (Å²) in [5.74, 6) is -0.0135. The van der Waals surface area contributed by atoms with Crippen LogP contribution in [0, 0.1) is 5.92 Å². The van der Waals surface area contributed by atoms with E-state index < -0.39 is 0 Å². The van der Waals surface area contributed by atoms with Gasteiger partial charge in [-0.3, -0.25) is 9.59 Å². The molecule has 1 aromatic rings. The van der Waals surface area contributed by atoms with Crippen molar-refractivity contribution in [1.29, 1.82) is 0 Å². The summed E-state index contributed by atoms with van der Waals surface area (Å²) in [6, 6.07) is 7.96. The van der Waals surface area contributed by atoms with Gasteiger partial charge in [0, 0.05) is 32.4 Å². The van der Waals surface area contributed by atoms with Crippen molar-refractivity contribution in [3.8, 4) is 0 Å². The molecular weight excluding hydrogens is 266 g/mol. The number of hydrogen-bond donors (Lipinski definition) is 2. The molecule has 2 aliphatic heterocycles. The fourth-order valence-electron chi connectivity index (χ4n) is 3.32. The minimum absolute atomic E-state index is 0.0393. The molecule has 5 heteroatoms. The number of carbonyl (C=O) groups is 2. The van der Waals surface area contributed by atoms with Crippen LogP contribution in [0.3, 0.4) is 0 Å². The van der Waals surface area contributed by atoms with Crippen molar-refractivity contribution in [2.45, 2.75) is 18.8 Å². The molecule has 2 heterocycles. The van der Waals surface area contributed by atoms with Crippen LogP contribution in [-0.4, -0.2) is 43.4 Å². The molecule has 5 nitrogen and oxygen atoms in total. The minimum atomic E-state index is -0.121. The van der Waals surface area contributed by atoms with Crippen LogP contribution in [0.1, 0.15) is 24.3 Å². The molecule has 2 atom stereocenters. The third-order valence-corrected chi connectivity index (χ3v) is 4.48. The topological polar surface area (TPSA) is 61.4 Å². The zero-order chi connectivity index (χ0) is 14.8. The number of nitrogens with zero attached hydrogens (tertiary/aromatic N) is 1. The van der Waals surface area contributed by atoms with Crippen LogP contribution in [0.4, 0.5) is 5.69 Å². The summed E-state index contributed by atoms with van der Waals surface area (Å²) < 4.78 is 0. The quantitative estimate of drug-likeness (QED) is 0.858. The number of fused-ring (bicyclic) bond motifs is 1. The van der Waals surface area contributed by atoms with E-state index in [0.29, 0.717) is 13.1 Å². The molecule has 1 fully saturated rings. The average Bonchev–Trinajstić information content (AvgIpc) is 2.97. The number of benzene rings is 1. The zero-order valence-electron chi connectivity index (χ0n) is 12.3. The SMILES string of the molecule is CNC(=O)C1CCCN(C(=O)C2CNc3ccccc32)C1. The lowest BCUT2D eigenvalue weighted by Gasteiger charge is -2.33. The van der Waals surface area contributed by atoms with E-state index in [9.17, 15) is 9.59 Å². The predicted molar refractivity (Wildman–Crippen MR) is 81.0 cm³/mol. The van der Waals surface area contributed by atoms with Crippen LogP contribution < -0.4 is 10.6 Å². The standard InChI is InChI=1S/C16H21N3O2/c1-17-15(20)11-5-4-8-19(10-11)16(21)13-9-18-14-7-3-2-6-12(13)14/h2-3,6-7,11,13,18H,4-5,8-10H2,1H3,(H,17,20). The van der Waals surface area contributed by atoms with Crippen LogP contribution >= 0.6 is 0 Å². The van der Waals surface area contributed by atoms with E-state index >= 15 is 0 Å². The number of carbonyl (C=O) groups excluding carboxylic acids is 2. The van der Waals surface area contributed by atoms with Crippen molar-refractivity contribution in [2.24, 2.45) is 5.92 Å². The van der Waals surface area contributed by atoms with Crippen LogP contribution in [0.25, 0.3) is 0 Å². The van der Waals surface area contributed by atoms with Gasteiger partial charge in [-0.15, -0.1) is 0 Å². The third-order valence-electron chi connectivity index (χ3n) is 4.48. The Hall–Kier alpha value is -2.04. The lowest BCUT2D eigenvalue weighted by atomic mass is 9.94. The van der Waals surface area contributed by atoms with Gasteiger partial charge in [0.05, 0.1) is 11.8 Å². The van der Waals surface area contributed by atoms with E-state index in [1.54, 1.807) is 7.05 Å². The summed E-state index contributed by atoms with van der Waals surface area (Å²) >= 11 is 0. The molecule has 0 aliphatic carbocycles. The first-order valence-electron chi connectivity index (χ1n) is 7.54. The van der Waals surface area contributed by atoms with Gasteiger partial charge in [0.25, 0.3) is 0 Å². The largest absolute Gasteiger partial charge is 0.384 e. The Morgan fingerprint density at radius 2 is 2.14 bits per heavy atom. The molecule has 0 radical (unpaired) electrons. The second-order valence-electron chi connectivity index (χ2n) is 5.76. The zero-order valence-corrected chi connectivity index (χ0v) is 12.3. The molecule has 0 saturated carbocycles. The van der Waals surface area contributed by atoms with E-state index in [0.717, 1.165) is 30.6 Å². The second kappa shape index (κ2) is 5.76. The smallest absolute Gasteiger partial charge is 0.232 e. The average molecular weight is 287 g/mol. The van der Waals surface area contributed by atoms with E-state index in [4.69, 9.17) is 0 Å². The van der Waals surface area contributed by atoms with Crippen molar-refractivity contribution in [2.75, 3.05) is 32.0 Å². The van der Waals surface area contributed by atoms with Crippen LogP contribution in [0.2, 0.25) is 0 Å². The fourth-order valence-corrected chi connectivity index (χ4v) is 3.32. The molecule has 112 valence electrons. The Balaban J connectivity index is 1.73. The number of piperidine rings is 1. The lowest BCUT2D eigenvalue weighted by Crippen LogP contribution is -2.46. The van der Waals surface area contributed by atoms with Crippen molar-refractivity contribution >= 4 is 17.5 Å². The van der Waals surface area contributed by atoms with Gasteiger partial charge in [0.2, 0.25) is 11.8 Å². The molecule has 0 aromatic heterocycles. The molecule has 3 rings (SSSR count). The van der Waals surface area contributed by atoms with Gasteiger partial charge in [0.1, 0.15) is 0 Å². The molecule has 0 bridgehead atoms. The van der Waals surface area contributed by atoms with Gasteiger partial charge in [-0.1, -0.05) is 18.2 Å². The number of likely N-dealkylation sites (tertiary alicyclic amines) is 1. The molecule has 2 amide bonds. The van der Waals surface area contributed by atoms with E-state index in [1.807, 2.05) is 29.2 Å². The molecule has 0 spiro atoms. The monoisotopic (exact) mass is 287 g/mol. The number of amides is 2. The molecule has 1 aromatic carbocycles. The Morgan fingerprint density at radius 1 is 1.33 bits per heavy atom. The predicted octanol–water partition coefficient (Wildman–Crippen LogP) is 1.18. The number of hydrogen-bond acceptors (Lipinski definition) is 3. The number of nitrogens with one attached hydrogen (secondary N) is 2. The van der Waals surface area contributed by atoms with E-state index in [1.165, 1.54) is 0 Å². The van der Waals surface area contributed by atoms with Crippen molar-refractivity contribution in [1.82, 2.24) is 10.2 Å². The Kier molecular flexibility index (Phi) is 3.82. The van der Waals surface area contributed by atoms with Gasteiger partial charge in [0.15, 0.2) is 0 Å². The number of anilines is 1. The summed E-state index contributed by atoms with van der Waals surface area (Å²) in [6.45, 7) is 1.95. The van der Waals surface area contributed by atoms with Crippen LogP contribution in [-0.2, 0) is 9.59 Å². The fraction of sp³-hybridized carbons (Fsp3) is 0.500. The molecule has 2 aliphatic rings. The van der Waals surface area contributed by atoms with Gasteiger partial charge in [-0.25, -0.2) is 0 Å². The highest BCUT2D eigenvalue weighted by Crippen LogP contribution is 2.33. The lowest BCUT2D eigenvalue weighted by molar-refractivity contribution is -0.136. The molecule has 2 unspecified atom stereocenters. The van der Waals surface area contributed by atoms with Crippen molar-refractivity contribution in [3.63, 3.8) is 0 Å². The summed E-state index contributed by atoms with van der Waals surface area (Å²) in [5.41, 5.74) is 2.13. The van der Waals surface area contributed by atoms with Crippen LogP contribution in [0.5, 0.6) is 0 Å². The summed E-state index contributed by atoms with van der Waals surface area (Å²) in [7, 11) is 1.65. The third kappa shape index (κ3) is 2.60. The first-order chi connectivity index (χ1) is 10.2. The van der Waals surface area contributed by atoms with E-state index in [2.05, 4.69) is 10.6 Å². The first-order valence-corrected chi connectivity index (χ1v) is 7.54. The minimum Gasteiger partial charge on any atom is -0.384 e. The number of rotatable bonds is 2. The molecular formula is C16H21N3O2. The van der Waals surface area contributed by atoms with Crippen LogP contribution in [0.15, 0.2) is 24.3 Å². The van der Waals surface area contributed by atoms with Gasteiger partial charge in [-0.2, -0.15) is 0 Å². The first kappa shape index (κ1) is 13.9. The molecule has 21 heavy (non-hydrogen) atoms. The normalized spacial score (nSPS) is 24.1. The Morgan fingerprint density at radius 3 is 2.95 bits per heavy atom. The highest BCUT2D eigenvalue weighted by Gasteiger charge is 2.35. The summed E-state index contributed by atoms with van der Waals surface area (Å²) in [4.78, 5) is 26.4. The molecule has 2 N–H and O–H groups in total. The Labute approximate surface area is 124 Å². The summed E-state index contributed by atoms with van der Waals surface area (Å²) in [5, 5.41) is 5.98. The maximum absolute atomic E-state index is 12.8. The maximum atomic E-state index is 12.8. The second-order valence-corrected chi connectivity index (χ2v) is 5.76. The number of para-hydroxylation sites is 1. The van der Waals surface area contributed by atoms with Gasteiger partial charge in [-0.05, 0) is 24.5 Å². The van der Waals surface area contributed by atoms with Gasteiger partial charge < -0.3 is 15.5 Å². The highest BCUT2D eigenvalue weighted by atomic mass is 16.2. The molecule has 1 saturated heterocycles. The highest BCUT2D eigenvalue weighted by molar-refractivity contribution is 5.89. The summed E-state index contributed by atoms with van der Waals surface area (Å²) in [6.07, 6.45) is 1.76. The Bertz CT molecular complexity index is 558. The van der Waals surface area contributed by atoms with E-state index in [-0.39, 0.29) is 23.7 Å². The maximum Gasteiger partial charge on any atom is 0.232 e. The van der Waals surface area contributed by atoms with Gasteiger partial charge >= 0.3 is 0 Å². The van der Waals surface area contributed by atoms with Crippen molar-refractivity contribution < 1.29 is 9.59 Å². The van der Waals surface area contributed by atoms with Crippen molar-refractivity contribution in [3.05, 3.63) is 29.8 Å².